The predicted molar refractivity (Wildman–Crippen MR) is 76.5 cm³/mol. The van der Waals surface area contributed by atoms with Gasteiger partial charge in [0.2, 0.25) is 5.91 Å². The van der Waals surface area contributed by atoms with Gasteiger partial charge < -0.3 is 10.2 Å². The fraction of sp³-hybridized carbons (Fsp3) is 0.462. The van der Waals surface area contributed by atoms with Crippen LogP contribution in [0, 0.1) is 6.92 Å². The van der Waals surface area contributed by atoms with Crippen molar-refractivity contribution in [3.8, 4) is 0 Å². The number of anilines is 1. The molecular weight excluding hydrogens is 260 g/mol. The van der Waals surface area contributed by atoms with E-state index in [1.807, 2.05) is 11.8 Å². The number of thiophene rings is 1. The summed E-state index contributed by atoms with van der Waals surface area (Å²) in [5.41, 5.74) is 2.12. The van der Waals surface area contributed by atoms with Gasteiger partial charge in [-0.1, -0.05) is 0 Å². The summed E-state index contributed by atoms with van der Waals surface area (Å²) in [7, 11) is 0. The summed E-state index contributed by atoms with van der Waals surface area (Å²) in [6, 6.07) is 0. The number of hydrogen-bond donors (Lipinski definition) is 1. The third kappa shape index (κ3) is 2.40. The van der Waals surface area contributed by atoms with E-state index >= 15 is 0 Å². The highest BCUT2D eigenvalue weighted by Gasteiger charge is 2.18. The number of amides is 1. The molecule has 3 heterocycles. The molecule has 1 fully saturated rings. The van der Waals surface area contributed by atoms with Crippen LogP contribution in [0.5, 0.6) is 0 Å². The van der Waals surface area contributed by atoms with Crippen LogP contribution < -0.4 is 5.32 Å². The van der Waals surface area contributed by atoms with Crippen LogP contribution in [0.15, 0.2) is 11.7 Å². The number of likely N-dealkylation sites (tertiary alicyclic amines) is 1. The van der Waals surface area contributed by atoms with E-state index in [4.69, 9.17) is 0 Å². The average molecular weight is 276 g/mol. The van der Waals surface area contributed by atoms with Crippen molar-refractivity contribution in [1.82, 2.24) is 14.9 Å². The van der Waals surface area contributed by atoms with Crippen molar-refractivity contribution >= 4 is 33.3 Å². The van der Waals surface area contributed by atoms with Crippen molar-refractivity contribution in [1.29, 1.82) is 0 Å². The highest BCUT2D eigenvalue weighted by Crippen LogP contribution is 2.28. The normalized spacial score (nSPS) is 15.1. The minimum atomic E-state index is 0.151. The van der Waals surface area contributed by atoms with Crippen molar-refractivity contribution in [3.63, 3.8) is 0 Å². The molecule has 6 heteroatoms. The molecule has 1 saturated heterocycles. The van der Waals surface area contributed by atoms with E-state index in [1.165, 1.54) is 0 Å². The lowest BCUT2D eigenvalue weighted by molar-refractivity contribution is -0.128. The Balaban J connectivity index is 1.73. The van der Waals surface area contributed by atoms with E-state index in [1.54, 1.807) is 17.7 Å². The summed E-state index contributed by atoms with van der Waals surface area (Å²) in [6.07, 6.45) is 3.78. The zero-order valence-electron chi connectivity index (χ0n) is 10.8. The van der Waals surface area contributed by atoms with Gasteiger partial charge in [0.25, 0.3) is 0 Å². The van der Waals surface area contributed by atoms with E-state index < -0.39 is 0 Å². The van der Waals surface area contributed by atoms with E-state index in [-0.39, 0.29) is 5.91 Å². The number of hydrogen-bond acceptors (Lipinski definition) is 5. The van der Waals surface area contributed by atoms with Crippen LogP contribution in [-0.4, -0.2) is 40.4 Å². The lowest BCUT2D eigenvalue weighted by atomic mass is 10.3. The van der Waals surface area contributed by atoms with Crippen LogP contribution in [-0.2, 0) is 4.79 Å². The Labute approximate surface area is 115 Å². The van der Waals surface area contributed by atoms with E-state index in [9.17, 15) is 4.79 Å². The first-order valence-electron chi connectivity index (χ1n) is 6.46. The quantitative estimate of drug-likeness (QED) is 0.932. The molecule has 2 aromatic heterocycles. The van der Waals surface area contributed by atoms with Gasteiger partial charge >= 0.3 is 0 Å². The van der Waals surface area contributed by atoms with Crippen LogP contribution in [0.25, 0.3) is 10.2 Å². The Bertz CT molecular complexity index is 604. The van der Waals surface area contributed by atoms with Crippen molar-refractivity contribution in [2.75, 3.05) is 25.0 Å². The van der Waals surface area contributed by atoms with Gasteiger partial charge in [0.1, 0.15) is 12.1 Å². The molecule has 0 saturated carbocycles. The molecule has 100 valence electrons. The third-order valence-electron chi connectivity index (χ3n) is 3.40. The molecular formula is C13H16N4OS. The second-order valence-electron chi connectivity index (χ2n) is 4.76. The zero-order valence-corrected chi connectivity index (χ0v) is 11.7. The van der Waals surface area contributed by atoms with Gasteiger partial charge in [0.05, 0.1) is 16.8 Å². The van der Waals surface area contributed by atoms with Crippen LogP contribution in [0.4, 0.5) is 5.82 Å². The lowest BCUT2D eigenvalue weighted by Crippen LogP contribution is -2.33. The predicted octanol–water partition coefficient (Wildman–Crippen LogP) is 2.03. The summed E-state index contributed by atoms with van der Waals surface area (Å²) in [6.45, 7) is 4.11. The van der Waals surface area contributed by atoms with Crippen molar-refractivity contribution < 1.29 is 4.79 Å². The van der Waals surface area contributed by atoms with Gasteiger partial charge in [-0.3, -0.25) is 4.79 Å². The largest absolute Gasteiger partial charge is 0.360 e. The monoisotopic (exact) mass is 276 g/mol. The van der Waals surface area contributed by atoms with Gasteiger partial charge in [0.15, 0.2) is 0 Å². The zero-order chi connectivity index (χ0) is 13.2. The van der Waals surface area contributed by atoms with Crippen molar-refractivity contribution in [2.45, 2.75) is 19.8 Å². The SMILES string of the molecule is Cc1csc2c(NCC(=O)N3CCCC3)ncnc12. The van der Waals surface area contributed by atoms with Crippen LogP contribution in [0.3, 0.4) is 0 Å². The number of rotatable bonds is 3. The maximum Gasteiger partial charge on any atom is 0.241 e. The first-order chi connectivity index (χ1) is 9.25. The van der Waals surface area contributed by atoms with E-state index in [2.05, 4.69) is 20.7 Å². The molecule has 0 aromatic carbocycles. The highest BCUT2D eigenvalue weighted by molar-refractivity contribution is 7.18. The number of carbonyl (C=O) groups is 1. The first kappa shape index (κ1) is 12.3. The number of aromatic nitrogens is 2. The molecule has 0 unspecified atom stereocenters. The molecule has 2 aromatic rings. The maximum atomic E-state index is 12.0. The van der Waals surface area contributed by atoms with Crippen molar-refractivity contribution in [3.05, 3.63) is 17.3 Å². The average Bonchev–Trinajstić information content (AvgIpc) is 3.07. The molecule has 1 aliphatic heterocycles. The van der Waals surface area contributed by atoms with Gasteiger partial charge in [-0.25, -0.2) is 9.97 Å². The summed E-state index contributed by atoms with van der Waals surface area (Å²) in [4.78, 5) is 22.4. The van der Waals surface area contributed by atoms with Gasteiger partial charge in [-0.2, -0.15) is 0 Å². The number of carbonyl (C=O) groups excluding carboxylic acids is 1. The Morgan fingerprint density at radius 2 is 2.21 bits per heavy atom. The Hall–Kier alpha value is -1.69. The molecule has 0 aliphatic carbocycles. The standard InChI is InChI=1S/C13H16N4OS/c1-9-7-19-12-11(9)15-8-16-13(12)14-6-10(18)17-4-2-3-5-17/h7-8H,2-6H2,1H3,(H,14,15,16). The van der Waals surface area contributed by atoms with Crippen molar-refractivity contribution in [2.24, 2.45) is 0 Å². The van der Waals surface area contributed by atoms with Crippen LogP contribution >= 0.6 is 11.3 Å². The van der Waals surface area contributed by atoms with Gasteiger partial charge in [-0.15, -0.1) is 11.3 Å². The fourth-order valence-corrected chi connectivity index (χ4v) is 3.30. The smallest absolute Gasteiger partial charge is 0.241 e. The summed E-state index contributed by atoms with van der Waals surface area (Å²) >= 11 is 1.61. The van der Waals surface area contributed by atoms with Crippen LogP contribution in [0.2, 0.25) is 0 Å². The number of nitrogens with one attached hydrogen (secondary N) is 1. The molecule has 0 bridgehead atoms. The lowest BCUT2D eigenvalue weighted by Gasteiger charge is -2.15. The van der Waals surface area contributed by atoms with E-state index in [0.717, 1.165) is 47.5 Å². The molecule has 0 radical (unpaired) electrons. The summed E-state index contributed by atoms with van der Waals surface area (Å²) in [5.74, 6) is 0.910. The molecule has 19 heavy (non-hydrogen) atoms. The first-order valence-corrected chi connectivity index (χ1v) is 7.34. The third-order valence-corrected chi connectivity index (χ3v) is 4.49. The van der Waals surface area contributed by atoms with E-state index in [0.29, 0.717) is 6.54 Å². The highest BCUT2D eigenvalue weighted by atomic mass is 32.1. The second-order valence-corrected chi connectivity index (χ2v) is 5.64. The molecule has 5 nitrogen and oxygen atoms in total. The Kier molecular flexibility index (Phi) is 3.33. The summed E-state index contributed by atoms with van der Waals surface area (Å²) < 4.78 is 1.02. The minimum absolute atomic E-state index is 0.151. The number of nitrogens with zero attached hydrogens (tertiary/aromatic N) is 3. The minimum Gasteiger partial charge on any atom is -0.360 e. The molecule has 3 rings (SSSR count). The Morgan fingerprint density at radius 3 is 3.00 bits per heavy atom. The fourth-order valence-electron chi connectivity index (χ4n) is 2.33. The molecule has 1 N–H and O–H groups in total. The second kappa shape index (κ2) is 5.13. The molecule has 0 atom stereocenters. The topological polar surface area (TPSA) is 58.1 Å². The summed E-state index contributed by atoms with van der Waals surface area (Å²) in [5, 5.41) is 5.21. The van der Waals surface area contributed by atoms with Crippen LogP contribution in [0.1, 0.15) is 18.4 Å². The molecule has 1 amide bonds. The Morgan fingerprint density at radius 1 is 1.42 bits per heavy atom. The molecule has 1 aliphatic rings. The number of fused-ring (bicyclic) bond motifs is 1. The molecule has 0 spiro atoms. The maximum absolute atomic E-state index is 12.0. The van der Waals surface area contributed by atoms with Gasteiger partial charge in [-0.05, 0) is 30.7 Å². The van der Waals surface area contributed by atoms with Gasteiger partial charge in [0, 0.05) is 13.1 Å². The number of aryl methyl sites for hydroxylation is 1.